The van der Waals surface area contributed by atoms with Crippen molar-refractivity contribution in [3.8, 4) is 5.75 Å². The number of hydrogen-bond donors (Lipinski definition) is 2. The number of amides is 1. The predicted molar refractivity (Wildman–Crippen MR) is 89.8 cm³/mol. The second kappa shape index (κ2) is 8.29. The van der Waals surface area contributed by atoms with Crippen molar-refractivity contribution in [1.29, 1.82) is 0 Å². The summed E-state index contributed by atoms with van der Waals surface area (Å²) < 4.78 is 29.6. The molecule has 0 aromatic heterocycles. The van der Waals surface area contributed by atoms with E-state index in [4.69, 9.17) is 4.74 Å². The minimum atomic E-state index is -2.50. The Balaban J connectivity index is 1.98. The first-order valence-corrected chi connectivity index (χ1v) is 7.56. The lowest BCUT2D eigenvalue weighted by molar-refractivity contribution is 0.0816. The first-order chi connectivity index (χ1) is 11.5. The van der Waals surface area contributed by atoms with Gasteiger partial charge in [0.2, 0.25) is 0 Å². The zero-order chi connectivity index (χ0) is 17.5. The molecule has 0 aliphatic carbocycles. The number of carbonyl (C=O) groups is 1. The van der Waals surface area contributed by atoms with Crippen LogP contribution in [0.3, 0.4) is 0 Å². The van der Waals surface area contributed by atoms with Crippen LogP contribution in [0.4, 0.5) is 14.5 Å². The molecule has 2 N–H and O–H groups in total. The summed E-state index contributed by atoms with van der Waals surface area (Å²) in [6.45, 7) is 1.73. The van der Waals surface area contributed by atoms with Gasteiger partial charge in [-0.25, -0.2) is 8.78 Å². The fourth-order valence-electron chi connectivity index (χ4n) is 2.14. The van der Waals surface area contributed by atoms with E-state index < -0.39 is 13.0 Å². The lowest BCUT2D eigenvalue weighted by atomic mass is 10.1. The quantitative estimate of drug-likeness (QED) is 0.813. The molecule has 0 saturated heterocycles. The molecule has 24 heavy (non-hydrogen) atoms. The molecule has 0 bridgehead atoms. The SMILES string of the molecule is CNC(=O)c1ccc(CNc2ccc(C)c(OCC(F)F)c2)cc1. The van der Waals surface area contributed by atoms with Crippen molar-refractivity contribution >= 4 is 11.6 Å². The Hall–Kier alpha value is -2.63. The van der Waals surface area contributed by atoms with Gasteiger partial charge in [-0.15, -0.1) is 0 Å². The summed E-state index contributed by atoms with van der Waals surface area (Å²) in [6, 6.07) is 12.6. The van der Waals surface area contributed by atoms with Gasteiger partial charge < -0.3 is 15.4 Å². The first kappa shape index (κ1) is 17.7. The summed E-state index contributed by atoms with van der Waals surface area (Å²) in [5, 5.41) is 5.78. The molecule has 4 nitrogen and oxygen atoms in total. The van der Waals surface area contributed by atoms with Crippen LogP contribution in [0.25, 0.3) is 0 Å². The molecule has 0 spiro atoms. The molecule has 1 amide bonds. The van der Waals surface area contributed by atoms with Crippen molar-refractivity contribution in [3.05, 3.63) is 59.2 Å². The normalized spacial score (nSPS) is 10.5. The Morgan fingerprint density at radius 3 is 2.50 bits per heavy atom. The molecule has 0 fully saturated rings. The Labute approximate surface area is 139 Å². The molecule has 0 heterocycles. The third kappa shape index (κ3) is 4.94. The van der Waals surface area contributed by atoms with E-state index in [1.165, 1.54) is 0 Å². The number of benzene rings is 2. The number of nitrogens with one attached hydrogen (secondary N) is 2. The Morgan fingerprint density at radius 2 is 1.88 bits per heavy atom. The van der Waals surface area contributed by atoms with E-state index in [1.54, 1.807) is 25.2 Å². The number of rotatable bonds is 7. The van der Waals surface area contributed by atoms with Crippen LogP contribution in [0, 0.1) is 6.92 Å². The van der Waals surface area contributed by atoms with Gasteiger partial charge in [-0.2, -0.15) is 0 Å². The van der Waals surface area contributed by atoms with Gasteiger partial charge in [0, 0.05) is 30.9 Å². The third-order valence-electron chi connectivity index (χ3n) is 3.49. The van der Waals surface area contributed by atoms with Crippen molar-refractivity contribution in [2.45, 2.75) is 19.9 Å². The van der Waals surface area contributed by atoms with Crippen LogP contribution >= 0.6 is 0 Å². The molecule has 128 valence electrons. The zero-order valence-electron chi connectivity index (χ0n) is 13.6. The molecule has 0 unspecified atom stereocenters. The third-order valence-corrected chi connectivity index (χ3v) is 3.49. The van der Waals surface area contributed by atoms with Crippen molar-refractivity contribution in [2.24, 2.45) is 0 Å². The number of hydrogen-bond acceptors (Lipinski definition) is 3. The second-order valence-corrected chi connectivity index (χ2v) is 5.31. The van der Waals surface area contributed by atoms with Gasteiger partial charge in [-0.1, -0.05) is 18.2 Å². The van der Waals surface area contributed by atoms with Gasteiger partial charge in [-0.05, 0) is 36.2 Å². The molecule has 0 radical (unpaired) electrons. The summed E-state index contributed by atoms with van der Waals surface area (Å²) >= 11 is 0. The maximum atomic E-state index is 12.3. The van der Waals surface area contributed by atoms with E-state index in [0.717, 1.165) is 16.8 Å². The fourth-order valence-corrected chi connectivity index (χ4v) is 2.14. The molecular weight excluding hydrogens is 314 g/mol. The fraction of sp³-hybridized carbons (Fsp3) is 0.278. The largest absolute Gasteiger partial charge is 0.487 e. The van der Waals surface area contributed by atoms with E-state index in [0.29, 0.717) is 17.9 Å². The minimum absolute atomic E-state index is 0.131. The number of ether oxygens (including phenoxy) is 1. The monoisotopic (exact) mass is 334 g/mol. The zero-order valence-corrected chi connectivity index (χ0v) is 13.6. The summed E-state index contributed by atoms with van der Waals surface area (Å²) in [7, 11) is 1.59. The molecule has 0 aliphatic heterocycles. The lowest BCUT2D eigenvalue weighted by Crippen LogP contribution is -2.17. The topological polar surface area (TPSA) is 50.4 Å². The van der Waals surface area contributed by atoms with E-state index in [1.807, 2.05) is 31.2 Å². The smallest absolute Gasteiger partial charge is 0.272 e. The average Bonchev–Trinajstić information content (AvgIpc) is 2.59. The molecule has 2 rings (SSSR count). The van der Waals surface area contributed by atoms with Crippen LogP contribution in [-0.4, -0.2) is 26.0 Å². The van der Waals surface area contributed by atoms with E-state index in [2.05, 4.69) is 10.6 Å². The Bertz CT molecular complexity index is 688. The van der Waals surface area contributed by atoms with E-state index >= 15 is 0 Å². The van der Waals surface area contributed by atoms with Crippen LogP contribution in [0.1, 0.15) is 21.5 Å². The summed E-state index contributed by atoms with van der Waals surface area (Å²) in [5.74, 6) is 0.309. The van der Waals surface area contributed by atoms with Crippen LogP contribution in [0.15, 0.2) is 42.5 Å². The van der Waals surface area contributed by atoms with Crippen molar-refractivity contribution < 1.29 is 18.3 Å². The highest BCUT2D eigenvalue weighted by Gasteiger charge is 2.07. The van der Waals surface area contributed by atoms with Gasteiger partial charge in [0.15, 0.2) is 0 Å². The summed E-state index contributed by atoms with van der Waals surface area (Å²) in [4.78, 5) is 11.5. The van der Waals surface area contributed by atoms with Crippen molar-refractivity contribution in [1.82, 2.24) is 5.32 Å². The molecule has 6 heteroatoms. The maximum Gasteiger partial charge on any atom is 0.272 e. The number of anilines is 1. The van der Waals surface area contributed by atoms with Gasteiger partial charge in [0.05, 0.1) is 0 Å². The van der Waals surface area contributed by atoms with Crippen LogP contribution in [-0.2, 0) is 6.54 Å². The van der Waals surface area contributed by atoms with Crippen LogP contribution in [0.5, 0.6) is 5.75 Å². The first-order valence-electron chi connectivity index (χ1n) is 7.56. The summed E-state index contributed by atoms with van der Waals surface area (Å²) in [5.41, 5.74) is 3.17. The van der Waals surface area contributed by atoms with E-state index in [-0.39, 0.29) is 5.91 Å². The van der Waals surface area contributed by atoms with Gasteiger partial charge in [0.25, 0.3) is 12.3 Å². The molecule has 0 saturated carbocycles. The Kier molecular flexibility index (Phi) is 6.12. The molecule has 2 aromatic carbocycles. The highest BCUT2D eigenvalue weighted by molar-refractivity contribution is 5.93. The number of carbonyl (C=O) groups excluding carboxylic acids is 1. The number of halogens is 2. The van der Waals surface area contributed by atoms with Crippen LogP contribution in [0.2, 0.25) is 0 Å². The molecule has 2 aromatic rings. The predicted octanol–water partition coefficient (Wildman–Crippen LogP) is 3.61. The van der Waals surface area contributed by atoms with E-state index in [9.17, 15) is 13.6 Å². The van der Waals surface area contributed by atoms with Crippen molar-refractivity contribution in [2.75, 3.05) is 19.0 Å². The standard InChI is InChI=1S/C18H20F2N2O2/c1-12-3-8-15(9-16(12)24-11-17(19)20)22-10-13-4-6-14(7-5-13)18(23)21-2/h3-9,17,22H,10-11H2,1-2H3,(H,21,23). The van der Waals surface area contributed by atoms with Crippen molar-refractivity contribution in [3.63, 3.8) is 0 Å². The van der Waals surface area contributed by atoms with Gasteiger partial charge in [0.1, 0.15) is 12.4 Å². The highest BCUT2D eigenvalue weighted by Crippen LogP contribution is 2.23. The highest BCUT2D eigenvalue weighted by atomic mass is 19.3. The van der Waals surface area contributed by atoms with Gasteiger partial charge in [-0.3, -0.25) is 4.79 Å². The lowest BCUT2D eigenvalue weighted by Gasteiger charge is -2.12. The maximum absolute atomic E-state index is 12.3. The molecule has 0 aliphatic rings. The van der Waals surface area contributed by atoms with Gasteiger partial charge >= 0.3 is 0 Å². The Morgan fingerprint density at radius 1 is 1.17 bits per heavy atom. The number of alkyl halides is 2. The number of aryl methyl sites for hydroxylation is 1. The second-order valence-electron chi connectivity index (χ2n) is 5.31. The summed E-state index contributed by atoms with van der Waals surface area (Å²) in [6.07, 6.45) is -2.50. The minimum Gasteiger partial charge on any atom is -0.487 e. The molecular formula is C18H20F2N2O2. The average molecular weight is 334 g/mol. The van der Waals surface area contributed by atoms with Crippen LogP contribution < -0.4 is 15.4 Å². The molecule has 0 atom stereocenters.